The minimum absolute atomic E-state index is 0.225. The predicted molar refractivity (Wildman–Crippen MR) is 75.7 cm³/mol. The van der Waals surface area contributed by atoms with Gasteiger partial charge in [-0.15, -0.1) is 0 Å². The van der Waals surface area contributed by atoms with Crippen LogP contribution >= 0.6 is 0 Å². The average molecular weight is 255 g/mol. The van der Waals surface area contributed by atoms with Gasteiger partial charge in [-0.1, -0.05) is 13.3 Å². The first-order valence-corrected chi connectivity index (χ1v) is 7.26. The second-order valence-corrected chi connectivity index (χ2v) is 5.57. The molecule has 1 aliphatic rings. The summed E-state index contributed by atoms with van der Waals surface area (Å²) in [5, 5.41) is 3.54. The largest absolute Gasteiger partial charge is 0.342 e. The van der Waals surface area contributed by atoms with Gasteiger partial charge in [0.15, 0.2) is 0 Å². The second kappa shape index (κ2) is 7.74. The molecule has 1 amide bonds. The Labute approximate surface area is 112 Å². The Morgan fingerprint density at radius 1 is 1.39 bits per heavy atom. The van der Waals surface area contributed by atoms with Crippen molar-refractivity contribution in [2.75, 3.05) is 33.2 Å². The number of hydrogen-bond donors (Lipinski definition) is 1. The van der Waals surface area contributed by atoms with Crippen LogP contribution in [0.5, 0.6) is 0 Å². The summed E-state index contributed by atoms with van der Waals surface area (Å²) in [6.45, 7) is 9.84. The van der Waals surface area contributed by atoms with Crippen molar-refractivity contribution in [3.05, 3.63) is 0 Å². The molecule has 0 radical (unpaired) electrons. The zero-order chi connectivity index (χ0) is 13.5. The van der Waals surface area contributed by atoms with Crippen LogP contribution in [-0.2, 0) is 4.79 Å². The van der Waals surface area contributed by atoms with Crippen molar-refractivity contribution in [1.29, 1.82) is 0 Å². The first-order chi connectivity index (χ1) is 8.54. The molecular formula is C14H29N3O. The van der Waals surface area contributed by atoms with Crippen molar-refractivity contribution in [3.63, 3.8) is 0 Å². The Morgan fingerprint density at radius 2 is 2.11 bits per heavy atom. The number of nitrogens with zero attached hydrogens (tertiary/aromatic N) is 2. The maximum Gasteiger partial charge on any atom is 0.236 e. The van der Waals surface area contributed by atoms with E-state index in [4.69, 9.17) is 0 Å². The molecule has 0 aromatic rings. The van der Waals surface area contributed by atoms with Gasteiger partial charge in [0.25, 0.3) is 0 Å². The van der Waals surface area contributed by atoms with Gasteiger partial charge in [0.2, 0.25) is 5.91 Å². The lowest BCUT2D eigenvalue weighted by molar-refractivity contribution is -0.132. The molecule has 18 heavy (non-hydrogen) atoms. The van der Waals surface area contributed by atoms with Crippen molar-refractivity contribution in [2.24, 2.45) is 0 Å². The van der Waals surface area contributed by atoms with Gasteiger partial charge in [0.05, 0.1) is 6.54 Å². The van der Waals surface area contributed by atoms with E-state index < -0.39 is 0 Å². The smallest absolute Gasteiger partial charge is 0.236 e. The van der Waals surface area contributed by atoms with E-state index >= 15 is 0 Å². The minimum atomic E-state index is 0.225. The fraction of sp³-hybridized carbons (Fsp3) is 0.929. The number of rotatable bonds is 6. The summed E-state index contributed by atoms with van der Waals surface area (Å²) in [4.78, 5) is 16.1. The quantitative estimate of drug-likeness (QED) is 0.777. The lowest BCUT2D eigenvalue weighted by Crippen LogP contribution is -2.47. The van der Waals surface area contributed by atoms with Crippen LogP contribution in [0.2, 0.25) is 0 Å². The molecule has 1 N–H and O–H groups in total. The van der Waals surface area contributed by atoms with Gasteiger partial charge in [-0.2, -0.15) is 0 Å². The van der Waals surface area contributed by atoms with Gasteiger partial charge in [0, 0.05) is 25.7 Å². The molecule has 1 atom stereocenters. The number of nitrogens with one attached hydrogen (secondary N) is 1. The molecule has 0 aromatic carbocycles. The molecule has 4 nitrogen and oxygen atoms in total. The van der Waals surface area contributed by atoms with Crippen LogP contribution in [0, 0.1) is 0 Å². The molecule has 0 aromatic heterocycles. The van der Waals surface area contributed by atoms with Crippen molar-refractivity contribution < 1.29 is 4.79 Å². The highest BCUT2D eigenvalue weighted by molar-refractivity contribution is 5.78. The SMILES string of the molecule is CCN(CC(=O)N(C)C(C)C)CC1CCCCN1. The van der Waals surface area contributed by atoms with E-state index in [2.05, 4.69) is 31.0 Å². The Bertz CT molecular complexity index is 249. The number of carbonyl (C=O) groups excluding carboxylic acids is 1. The molecule has 0 aliphatic carbocycles. The van der Waals surface area contributed by atoms with Crippen molar-refractivity contribution >= 4 is 5.91 Å². The third kappa shape index (κ3) is 4.94. The van der Waals surface area contributed by atoms with Crippen LogP contribution in [0.25, 0.3) is 0 Å². The molecule has 1 saturated heterocycles. The van der Waals surface area contributed by atoms with Gasteiger partial charge in [0.1, 0.15) is 0 Å². The van der Waals surface area contributed by atoms with Crippen LogP contribution in [0.15, 0.2) is 0 Å². The van der Waals surface area contributed by atoms with Crippen LogP contribution in [-0.4, -0.2) is 61.0 Å². The standard InChI is InChI=1S/C14H29N3O/c1-5-17(10-13-8-6-7-9-15-13)11-14(18)16(4)12(2)3/h12-13,15H,5-11H2,1-4H3. The van der Waals surface area contributed by atoms with E-state index in [1.165, 1.54) is 19.3 Å². The number of likely N-dealkylation sites (N-methyl/N-ethyl adjacent to an activating group) is 2. The summed E-state index contributed by atoms with van der Waals surface area (Å²) in [6, 6.07) is 0.847. The van der Waals surface area contributed by atoms with Crippen LogP contribution in [0.3, 0.4) is 0 Å². The molecule has 1 aliphatic heterocycles. The van der Waals surface area contributed by atoms with Gasteiger partial charge in [-0.05, 0) is 39.8 Å². The zero-order valence-electron chi connectivity index (χ0n) is 12.4. The van der Waals surface area contributed by atoms with Crippen molar-refractivity contribution in [1.82, 2.24) is 15.1 Å². The van der Waals surface area contributed by atoms with E-state index in [9.17, 15) is 4.79 Å². The maximum atomic E-state index is 12.1. The second-order valence-electron chi connectivity index (χ2n) is 5.57. The fourth-order valence-electron chi connectivity index (χ4n) is 2.29. The highest BCUT2D eigenvalue weighted by Gasteiger charge is 2.19. The number of hydrogen-bond acceptors (Lipinski definition) is 3. The number of carbonyl (C=O) groups is 1. The molecule has 1 heterocycles. The summed E-state index contributed by atoms with van der Waals surface area (Å²) < 4.78 is 0. The fourth-order valence-corrected chi connectivity index (χ4v) is 2.29. The number of amides is 1. The predicted octanol–water partition coefficient (Wildman–Crippen LogP) is 1.32. The van der Waals surface area contributed by atoms with Crippen LogP contribution < -0.4 is 5.32 Å². The van der Waals surface area contributed by atoms with E-state index in [1.807, 2.05) is 11.9 Å². The van der Waals surface area contributed by atoms with E-state index in [0.717, 1.165) is 19.6 Å². The Morgan fingerprint density at radius 3 is 2.61 bits per heavy atom. The molecule has 0 bridgehead atoms. The minimum Gasteiger partial charge on any atom is -0.342 e. The lowest BCUT2D eigenvalue weighted by Gasteiger charge is -2.31. The highest BCUT2D eigenvalue weighted by atomic mass is 16.2. The van der Waals surface area contributed by atoms with Gasteiger partial charge < -0.3 is 10.2 Å². The van der Waals surface area contributed by atoms with Crippen molar-refractivity contribution in [3.8, 4) is 0 Å². The third-order valence-electron chi connectivity index (χ3n) is 3.87. The van der Waals surface area contributed by atoms with Crippen molar-refractivity contribution in [2.45, 2.75) is 52.1 Å². The van der Waals surface area contributed by atoms with Gasteiger partial charge >= 0.3 is 0 Å². The maximum absolute atomic E-state index is 12.1. The molecule has 1 fully saturated rings. The Kier molecular flexibility index (Phi) is 6.65. The highest BCUT2D eigenvalue weighted by Crippen LogP contribution is 2.08. The van der Waals surface area contributed by atoms with Gasteiger partial charge in [-0.3, -0.25) is 9.69 Å². The third-order valence-corrected chi connectivity index (χ3v) is 3.87. The molecule has 1 unspecified atom stereocenters. The summed E-state index contributed by atoms with van der Waals surface area (Å²) in [5.74, 6) is 0.225. The summed E-state index contributed by atoms with van der Waals surface area (Å²) in [5.41, 5.74) is 0. The van der Waals surface area contributed by atoms with Crippen LogP contribution in [0.4, 0.5) is 0 Å². The topological polar surface area (TPSA) is 35.6 Å². The Hall–Kier alpha value is -0.610. The number of piperidine rings is 1. The summed E-state index contributed by atoms with van der Waals surface area (Å²) in [6.07, 6.45) is 3.84. The van der Waals surface area contributed by atoms with E-state index in [0.29, 0.717) is 12.6 Å². The zero-order valence-corrected chi connectivity index (χ0v) is 12.4. The molecule has 1 rings (SSSR count). The molecule has 4 heteroatoms. The summed E-state index contributed by atoms with van der Waals surface area (Å²) >= 11 is 0. The monoisotopic (exact) mass is 255 g/mol. The Balaban J connectivity index is 2.38. The molecular weight excluding hydrogens is 226 g/mol. The van der Waals surface area contributed by atoms with Gasteiger partial charge in [-0.25, -0.2) is 0 Å². The first kappa shape index (κ1) is 15.4. The summed E-state index contributed by atoms with van der Waals surface area (Å²) in [7, 11) is 1.89. The molecule has 106 valence electrons. The lowest BCUT2D eigenvalue weighted by atomic mass is 10.0. The average Bonchev–Trinajstić information content (AvgIpc) is 2.37. The van der Waals surface area contributed by atoms with E-state index in [1.54, 1.807) is 0 Å². The van der Waals surface area contributed by atoms with E-state index in [-0.39, 0.29) is 11.9 Å². The first-order valence-electron chi connectivity index (χ1n) is 7.26. The molecule has 0 saturated carbocycles. The molecule has 0 spiro atoms. The van der Waals surface area contributed by atoms with Crippen LogP contribution in [0.1, 0.15) is 40.0 Å². The normalized spacial score (nSPS) is 20.4.